The smallest absolute Gasteiger partial charge is 0.161 e. The van der Waals surface area contributed by atoms with Crippen LogP contribution in [0.4, 0.5) is 10.1 Å². The van der Waals surface area contributed by atoms with Gasteiger partial charge in [-0.3, -0.25) is 4.99 Å². The molecule has 2 rings (SSSR count). The fourth-order valence-electron chi connectivity index (χ4n) is 1.88. The van der Waals surface area contributed by atoms with Crippen LogP contribution in [-0.2, 0) is 0 Å². The van der Waals surface area contributed by atoms with E-state index >= 15 is 0 Å². The van der Waals surface area contributed by atoms with Crippen LogP contribution in [0.5, 0.6) is 0 Å². The lowest BCUT2D eigenvalue weighted by Gasteiger charge is -2.29. The third-order valence-corrected chi connectivity index (χ3v) is 4.40. The van der Waals surface area contributed by atoms with E-state index in [1.165, 1.54) is 6.07 Å². The summed E-state index contributed by atoms with van der Waals surface area (Å²) < 4.78 is 13.5. The van der Waals surface area contributed by atoms with Crippen molar-refractivity contribution in [2.45, 2.75) is 39.2 Å². The van der Waals surface area contributed by atoms with Crippen molar-refractivity contribution in [2.24, 2.45) is 4.99 Å². The van der Waals surface area contributed by atoms with Gasteiger partial charge in [0.05, 0.1) is 5.54 Å². The number of hydrogen-bond donors (Lipinski definition) is 1. The van der Waals surface area contributed by atoms with Gasteiger partial charge in [0.1, 0.15) is 5.82 Å². The minimum atomic E-state index is -0.181. The Bertz CT molecular complexity index is 473. The summed E-state index contributed by atoms with van der Waals surface area (Å²) in [5.74, 6) is 0.879. The van der Waals surface area contributed by atoms with Crippen molar-refractivity contribution >= 4 is 22.6 Å². The van der Waals surface area contributed by atoms with Gasteiger partial charge in [-0.25, -0.2) is 4.39 Å². The Morgan fingerprint density at radius 3 is 3.00 bits per heavy atom. The number of nitrogens with zero attached hydrogens (tertiary/aromatic N) is 1. The molecule has 2 nitrogen and oxygen atoms in total. The van der Waals surface area contributed by atoms with E-state index in [9.17, 15) is 4.39 Å². The van der Waals surface area contributed by atoms with Gasteiger partial charge in [-0.05, 0) is 38.8 Å². The second kappa shape index (κ2) is 5.31. The first-order chi connectivity index (χ1) is 8.54. The molecular weight excluding hydrogens is 247 g/mol. The Labute approximate surface area is 112 Å². The number of benzene rings is 1. The summed E-state index contributed by atoms with van der Waals surface area (Å²) in [4.78, 5) is 4.74. The minimum absolute atomic E-state index is 0.0226. The summed E-state index contributed by atoms with van der Waals surface area (Å²) in [7, 11) is 0. The van der Waals surface area contributed by atoms with Gasteiger partial charge in [0.25, 0.3) is 0 Å². The third kappa shape index (κ3) is 2.86. The molecule has 1 aliphatic heterocycles. The zero-order valence-electron chi connectivity index (χ0n) is 11.1. The second-order valence-electron chi connectivity index (χ2n) is 4.90. The SMILES string of the molecule is CCC1(C)CCSC(Nc2cccc(F)c2C)=N1. The van der Waals surface area contributed by atoms with E-state index < -0.39 is 0 Å². The lowest BCUT2D eigenvalue weighted by molar-refractivity contribution is 0.443. The Hall–Kier alpha value is -1.03. The van der Waals surface area contributed by atoms with Crippen LogP contribution < -0.4 is 5.32 Å². The molecule has 1 N–H and O–H groups in total. The third-order valence-electron chi connectivity index (χ3n) is 3.52. The van der Waals surface area contributed by atoms with Crippen molar-refractivity contribution in [1.82, 2.24) is 0 Å². The molecule has 4 heteroatoms. The maximum Gasteiger partial charge on any atom is 0.161 e. The number of nitrogens with one attached hydrogen (secondary N) is 1. The van der Waals surface area contributed by atoms with Crippen molar-refractivity contribution in [2.75, 3.05) is 11.1 Å². The Morgan fingerprint density at radius 1 is 1.50 bits per heavy atom. The van der Waals surface area contributed by atoms with Gasteiger partial charge in [0, 0.05) is 17.0 Å². The molecule has 0 saturated carbocycles. The van der Waals surface area contributed by atoms with Crippen LogP contribution in [0, 0.1) is 12.7 Å². The van der Waals surface area contributed by atoms with Gasteiger partial charge in [0.2, 0.25) is 0 Å². The number of anilines is 1. The van der Waals surface area contributed by atoms with E-state index in [4.69, 9.17) is 4.99 Å². The Morgan fingerprint density at radius 2 is 2.28 bits per heavy atom. The monoisotopic (exact) mass is 266 g/mol. The normalized spacial score (nSPS) is 23.7. The van der Waals surface area contributed by atoms with E-state index in [1.807, 2.05) is 6.07 Å². The van der Waals surface area contributed by atoms with Crippen molar-refractivity contribution in [3.63, 3.8) is 0 Å². The molecule has 1 aliphatic rings. The molecule has 0 aromatic heterocycles. The van der Waals surface area contributed by atoms with Crippen molar-refractivity contribution in [3.05, 3.63) is 29.6 Å². The molecule has 0 saturated heterocycles. The molecule has 0 bridgehead atoms. The van der Waals surface area contributed by atoms with E-state index in [1.54, 1.807) is 24.8 Å². The molecular formula is C14H19FN2S. The highest BCUT2D eigenvalue weighted by molar-refractivity contribution is 8.14. The number of aliphatic imine (C=N–C) groups is 1. The summed E-state index contributed by atoms with van der Waals surface area (Å²) >= 11 is 1.71. The molecule has 1 unspecified atom stereocenters. The summed E-state index contributed by atoms with van der Waals surface area (Å²) in [5, 5.41) is 4.15. The highest BCUT2D eigenvalue weighted by Crippen LogP contribution is 2.30. The maximum atomic E-state index is 13.5. The largest absolute Gasteiger partial charge is 0.335 e. The van der Waals surface area contributed by atoms with Crippen LogP contribution in [0.3, 0.4) is 0 Å². The fraction of sp³-hybridized carbons (Fsp3) is 0.500. The summed E-state index contributed by atoms with van der Waals surface area (Å²) in [6, 6.07) is 5.09. The molecule has 18 heavy (non-hydrogen) atoms. The van der Waals surface area contributed by atoms with Crippen LogP contribution in [0.1, 0.15) is 32.3 Å². The molecule has 0 radical (unpaired) electrons. The lowest BCUT2D eigenvalue weighted by Crippen LogP contribution is -2.29. The number of amidine groups is 1. The molecule has 0 fully saturated rings. The predicted molar refractivity (Wildman–Crippen MR) is 78.0 cm³/mol. The molecule has 0 aliphatic carbocycles. The zero-order valence-corrected chi connectivity index (χ0v) is 11.9. The average Bonchev–Trinajstić information content (AvgIpc) is 2.35. The van der Waals surface area contributed by atoms with Gasteiger partial charge in [-0.1, -0.05) is 24.8 Å². The number of thioether (sulfide) groups is 1. The van der Waals surface area contributed by atoms with Crippen LogP contribution >= 0.6 is 11.8 Å². The molecule has 0 spiro atoms. The first-order valence-corrected chi connectivity index (χ1v) is 7.27. The molecule has 0 amide bonds. The molecule has 98 valence electrons. The highest BCUT2D eigenvalue weighted by Gasteiger charge is 2.26. The number of hydrogen-bond acceptors (Lipinski definition) is 3. The molecule has 1 aromatic rings. The molecule has 1 aromatic carbocycles. The van der Waals surface area contributed by atoms with Gasteiger partial charge in [0.15, 0.2) is 5.17 Å². The first kappa shape index (κ1) is 13.4. The quantitative estimate of drug-likeness (QED) is 0.867. The van der Waals surface area contributed by atoms with E-state index in [0.717, 1.165) is 29.4 Å². The fourth-order valence-corrected chi connectivity index (χ4v) is 3.08. The molecule has 1 heterocycles. The van der Waals surface area contributed by atoms with Crippen molar-refractivity contribution in [3.8, 4) is 0 Å². The predicted octanol–water partition coefficient (Wildman–Crippen LogP) is 4.21. The van der Waals surface area contributed by atoms with E-state index in [2.05, 4.69) is 19.2 Å². The van der Waals surface area contributed by atoms with Gasteiger partial charge < -0.3 is 5.32 Å². The summed E-state index contributed by atoms with van der Waals surface area (Å²) in [6.45, 7) is 6.11. The molecule has 1 atom stereocenters. The summed E-state index contributed by atoms with van der Waals surface area (Å²) in [5.41, 5.74) is 1.47. The van der Waals surface area contributed by atoms with Gasteiger partial charge in [-0.2, -0.15) is 0 Å². The van der Waals surface area contributed by atoms with Crippen LogP contribution in [-0.4, -0.2) is 16.5 Å². The van der Waals surface area contributed by atoms with E-state index in [-0.39, 0.29) is 11.4 Å². The highest BCUT2D eigenvalue weighted by atomic mass is 32.2. The zero-order chi connectivity index (χ0) is 13.2. The average molecular weight is 266 g/mol. The van der Waals surface area contributed by atoms with E-state index in [0.29, 0.717) is 5.56 Å². The van der Waals surface area contributed by atoms with Crippen molar-refractivity contribution in [1.29, 1.82) is 0 Å². The maximum absolute atomic E-state index is 13.5. The lowest BCUT2D eigenvalue weighted by atomic mass is 9.97. The number of rotatable bonds is 2. The van der Waals surface area contributed by atoms with Gasteiger partial charge >= 0.3 is 0 Å². The first-order valence-electron chi connectivity index (χ1n) is 6.29. The van der Waals surface area contributed by atoms with Crippen molar-refractivity contribution < 1.29 is 4.39 Å². The minimum Gasteiger partial charge on any atom is -0.335 e. The topological polar surface area (TPSA) is 24.4 Å². The van der Waals surface area contributed by atoms with Crippen LogP contribution in [0.2, 0.25) is 0 Å². The second-order valence-corrected chi connectivity index (χ2v) is 5.99. The number of halogens is 1. The standard InChI is InChI=1S/C14H19FN2S/c1-4-14(3)8-9-18-13(17-14)16-12-7-5-6-11(15)10(12)2/h5-7H,4,8-9H2,1-3H3,(H,16,17). The van der Waals surface area contributed by atoms with Crippen LogP contribution in [0.15, 0.2) is 23.2 Å². The van der Waals surface area contributed by atoms with Gasteiger partial charge in [-0.15, -0.1) is 0 Å². The summed E-state index contributed by atoms with van der Waals surface area (Å²) in [6.07, 6.45) is 2.13. The Balaban J connectivity index is 2.21. The van der Waals surface area contributed by atoms with Crippen LogP contribution in [0.25, 0.3) is 0 Å². The Kier molecular flexibility index (Phi) is 3.95.